The van der Waals surface area contributed by atoms with Crippen molar-refractivity contribution in [3.63, 3.8) is 0 Å². The molecule has 0 radical (unpaired) electrons. The van der Waals surface area contributed by atoms with Crippen LogP contribution in [-0.4, -0.2) is 35.1 Å². The molecule has 0 atom stereocenters. The summed E-state index contributed by atoms with van der Waals surface area (Å²) >= 11 is 0. The Morgan fingerprint density at radius 1 is 0.821 bits per heavy atom. The number of ether oxygens (including phenoxy) is 2. The van der Waals surface area contributed by atoms with E-state index in [4.69, 9.17) is 9.47 Å². The summed E-state index contributed by atoms with van der Waals surface area (Å²) in [6.07, 6.45) is 2.52. The molecule has 0 unspecified atom stereocenters. The van der Waals surface area contributed by atoms with Crippen LogP contribution in [0.2, 0.25) is 0 Å². The van der Waals surface area contributed by atoms with Gasteiger partial charge in [-0.15, -0.1) is 0 Å². The Labute approximate surface area is 159 Å². The Bertz CT molecular complexity index is 1040. The van der Waals surface area contributed by atoms with Crippen LogP contribution in [0.3, 0.4) is 0 Å². The average Bonchev–Trinajstić information content (AvgIpc) is 2.99. The minimum absolute atomic E-state index is 0.197. The second kappa shape index (κ2) is 6.92. The lowest BCUT2D eigenvalue weighted by Crippen LogP contribution is -2.29. The zero-order valence-corrected chi connectivity index (χ0v) is 14.7. The summed E-state index contributed by atoms with van der Waals surface area (Å²) in [7, 11) is 1.55. The quantitative estimate of drug-likeness (QED) is 0.392. The van der Waals surface area contributed by atoms with Gasteiger partial charge in [0.15, 0.2) is 0 Å². The smallest absolute Gasteiger partial charge is 0.343 e. The lowest BCUT2D eigenvalue weighted by molar-refractivity contribution is 0.0734. The zero-order chi connectivity index (χ0) is 19.7. The number of imide groups is 1. The van der Waals surface area contributed by atoms with Crippen LogP contribution < -0.4 is 14.4 Å². The van der Waals surface area contributed by atoms with Crippen molar-refractivity contribution in [2.45, 2.75) is 0 Å². The normalized spacial score (nSPS) is 12.7. The van der Waals surface area contributed by atoms with E-state index in [1.54, 1.807) is 31.4 Å². The predicted molar refractivity (Wildman–Crippen MR) is 97.6 cm³/mol. The van der Waals surface area contributed by atoms with E-state index in [1.165, 1.54) is 36.7 Å². The largest absolute Gasteiger partial charge is 0.497 e. The van der Waals surface area contributed by atoms with Crippen molar-refractivity contribution in [2.75, 3.05) is 12.0 Å². The Hall–Kier alpha value is -4.07. The average molecular weight is 375 g/mol. The highest BCUT2D eigenvalue weighted by molar-refractivity contribution is 6.34. The summed E-state index contributed by atoms with van der Waals surface area (Å²) < 4.78 is 10.4. The first-order valence-electron chi connectivity index (χ1n) is 8.24. The van der Waals surface area contributed by atoms with Gasteiger partial charge in [0.1, 0.15) is 11.5 Å². The minimum Gasteiger partial charge on any atom is -0.497 e. The van der Waals surface area contributed by atoms with Crippen molar-refractivity contribution in [3.05, 3.63) is 77.6 Å². The fraction of sp³-hybridized carbons (Fsp3) is 0.0500. The van der Waals surface area contributed by atoms with Crippen LogP contribution in [0.25, 0.3) is 0 Å². The van der Waals surface area contributed by atoms with Gasteiger partial charge in [0.2, 0.25) is 0 Å². The van der Waals surface area contributed by atoms with Gasteiger partial charge in [-0.05, 0) is 48.5 Å². The van der Waals surface area contributed by atoms with Gasteiger partial charge in [0.25, 0.3) is 11.8 Å². The van der Waals surface area contributed by atoms with E-state index in [0.717, 1.165) is 4.90 Å². The van der Waals surface area contributed by atoms with Gasteiger partial charge in [-0.2, -0.15) is 10.2 Å². The standard InChI is InChI=1S/C20H13N3O5/c1-27-14-6-8-15(9-7-14)28-20(26)12-2-4-13(5-3-12)23-18(24)16-10-21-22-11-17(16)19(23)25/h2-11H,1H3. The van der Waals surface area contributed by atoms with E-state index in [1.807, 2.05) is 0 Å². The summed E-state index contributed by atoms with van der Waals surface area (Å²) in [5.74, 6) is -0.509. The third kappa shape index (κ3) is 2.96. The van der Waals surface area contributed by atoms with E-state index in [2.05, 4.69) is 10.2 Å². The molecule has 0 saturated carbocycles. The fourth-order valence-corrected chi connectivity index (χ4v) is 2.79. The molecule has 1 aliphatic rings. The Kier molecular flexibility index (Phi) is 4.29. The number of benzene rings is 2. The van der Waals surface area contributed by atoms with Gasteiger partial charge in [-0.1, -0.05) is 0 Å². The van der Waals surface area contributed by atoms with E-state index in [0.29, 0.717) is 17.2 Å². The van der Waals surface area contributed by atoms with E-state index in [-0.39, 0.29) is 16.7 Å². The maximum Gasteiger partial charge on any atom is 0.343 e. The second-order valence-electron chi connectivity index (χ2n) is 5.87. The van der Waals surface area contributed by atoms with Crippen LogP contribution in [0.5, 0.6) is 11.5 Å². The SMILES string of the molecule is COc1ccc(OC(=O)c2ccc(N3C(=O)c4cnncc4C3=O)cc2)cc1. The molecule has 0 bridgehead atoms. The first-order chi connectivity index (χ1) is 13.6. The summed E-state index contributed by atoms with van der Waals surface area (Å²) in [5.41, 5.74) is 1.01. The molecule has 2 heterocycles. The highest BCUT2D eigenvalue weighted by atomic mass is 16.5. The number of methoxy groups -OCH3 is 1. The summed E-state index contributed by atoms with van der Waals surface area (Å²) in [6.45, 7) is 0. The molecular weight excluding hydrogens is 362 g/mol. The van der Waals surface area contributed by atoms with E-state index in [9.17, 15) is 14.4 Å². The molecular formula is C20H13N3O5. The van der Waals surface area contributed by atoms with Gasteiger partial charge >= 0.3 is 5.97 Å². The number of amides is 2. The number of anilines is 1. The zero-order valence-electron chi connectivity index (χ0n) is 14.7. The Balaban J connectivity index is 1.52. The Morgan fingerprint density at radius 2 is 1.36 bits per heavy atom. The third-order valence-electron chi connectivity index (χ3n) is 4.23. The van der Waals surface area contributed by atoms with Crippen molar-refractivity contribution < 1.29 is 23.9 Å². The van der Waals surface area contributed by atoms with Crippen LogP contribution in [0, 0.1) is 0 Å². The van der Waals surface area contributed by atoms with Gasteiger partial charge < -0.3 is 9.47 Å². The lowest BCUT2D eigenvalue weighted by atomic mass is 10.2. The molecule has 8 heteroatoms. The fourth-order valence-electron chi connectivity index (χ4n) is 2.79. The predicted octanol–water partition coefficient (Wildman–Crippen LogP) is 2.51. The monoisotopic (exact) mass is 375 g/mol. The topological polar surface area (TPSA) is 98.7 Å². The molecule has 1 aromatic heterocycles. The minimum atomic E-state index is -0.563. The van der Waals surface area contributed by atoms with E-state index < -0.39 is 17.8 Å². The molecule has 8 nitrogen and oxygen atoms in total. The molecule has 0 fully saturated rings. The van der Waals surface area contributed by atoms with Crippen molar-refractivity contribution in [3.8, 4) is 11.5 Å². The first kappa shape index (κ1) is 17.3. The number of fused-ring (bicyclic) bond motifs is 1. The van der Waals surface area contributed by atoms with Crippen LogP contribution in [0.4, 0.5) is 5.69 Å². The summed E-state index contributed by atoms with van der Waals surface area (Å²) in [5, 5.41) is 7.28. The molecule has 0 spiro atoms. The molecule has 1 aliphatic heterocycles. The molecule has 28 heavy (non-hydrogen) atoms. The van der Waals surface area contributed by atoms with Crippen molar-refractivity contribution in [2.24, 2.45) is 0 Å². The van der Waals surface area contributed by atoms with Gasteiger partial charge in [0, 0.05) is 0 Å². The van der Waals surface area contributed by atoms with Crippen LogP contribution in [0.1, 0.15) is 31.1 Å². The highest BCUT2D eigenvalue weighted by Crippen LogP contribution is 2.27. The number of esters is 1. The van der Waals surface area contributed by atoms with Crippen molar-refractivity contribution in [1.82, 2.24) is 10.2 Å². The highest BCUT2D eigenvalue weighted by Gasteiger charge is 2.37. The van der Waals surface area contributed by atoms with E-state index >= 15 is 0 Å². The van der Waals surface area contributed by atoms with Crippen LogP contribution in [0.15, 0.2) is 60.9 Å². The number of carbonyl (C=O) groups is 3. The molecule has 0 saturated heterocycles. The maximum absolute atomic E-state index is 12.5. The van der Waals surface area contributed by atoms with Crippen LogP contribution >= 0.6 is 0 Å². The number of hydrogen-bond acceptors (Lipinski definition) is 7. The molecule has 2 amide bonds. The number of rotatable bonds is 4. The second-order valence-corrected chi connectivity index (χ2v) is 5.87. The maximum atomic E-state index is 12.5. The summed E-state index contributed by atoms with van der Waals surface area (Å²) in [4.78, 5) is 38.2. The Morgan fingerprint density at radius 3 is 1.89 bits per heavy atom. The molecule has 4 rings (SSSR count). The number of aromatic nitrogens is 2. The van der Waals surface area contributed by atoms with Crippen molar-refractivity contribution in [1.29, 1.82) is 0 Å². The number of hydrogen-bond donors (Lipinski definition) is 0. The van der Waals surface area contributed by atoms with Gasteiger partial charge in [-0.25, -0.2) is 9.69 Å². The number of nitrogens with zero attached hydrogens (tertiary/aromatic N) is 3. The molecule has 2 aromatic carbocycles. The molecule has 138 valence electrons. The van der Waals surface area contributed by atoms with Crippen molar-refractivity contribution >= 4 is 23.5 Å². The summed E-state index contributed by atoms with van der Waals surface area (Å²) in [6, 6.07) is 12.6. The third-order valence-corrected chi connectivity index (χ3v) is 4.23. The molecule has 3 aromatic rings. The van der Waals surface area contributed by atoms with Gasteiger partial charge in [-0.3, -0.25) is 9.59 Å². The first-order valence-corrected chi connectivity index (χ1v) is 8.24. The number of carbonyl (C=O) groups excluding carboxylic acids is 3. The lowest BCUT2D eigenvalue weighted by Gasteiger charge is -2.14. The van der Waals surface area contributed by atoms with Crippen LogP contribution in [-0.2, 0) is 0 Å². The molecule has 0 N–H and O–H groups in total. The van der Waals surface area contributed by atoms with Gasteiger partial charge in [0.05, 0.1) is 41.9 Å². The molecule has 0 aliphatic carbocycles.